The Kier molecular flexibility index (Phi) is 23.9. The first-order valence-corrected chi connectivity index (χ1v) is 21.9. The number of unbranched alkanes of at least 4 members (excludes halogenated alkanes) is 14. The second-order valence-electron chi connectivity index (χ2n) is 15.1. The fourth-order valence-electron chi connectivity index (χ4n) is 6.84. The van der Waals surface area contributed by atoms with E-state index in [0.717, 1.165) is 49.2 Å². The van der Waals surface area contributed by atoms with E-state index < -0.39 is 11.9 Å². The third kappa shape index (κ3) is 19.2. The van der Waals surface area contributed by atoms with Crippen LogP contribution in [0, 0.1) is 0 Å². The van der Waals surface area contributed by atoms with Gasteiger partial charge in [-0.3, -0.25) is 0 Å². The largest absolute Gasteiger partial charge is 0.494 e. The van der Waals surface area contributed by atoms with Gasteiger partial charge in [0.05, 0.1) is 36.5 Å². The van der Waals surface area contributed by atoms with Crippen LogP contribution in [0.25, 0.3) is 11.1 Å². The molecular weight excluding hydrogens is 685 g/mol. The average Bonchev–Trinajstić information content (AvgIpc) is 3.21. The van der Waals surface area contributed by atoms with E-state index in [-0.39, 0.29) is 12.2 Å². The summed E-state index contributed by atoms with van der Waals surface area (Å²) in [6, 6.07) is 22.0. The van der Waals surface area contributed by atoms with Crippen molar-refractivity contribution in [2.45, 2.75) is 175 Å². The molecule has 0 N–H and O–H groups in total. The van der Waals surface area contributed by atoms with E-state index in [2.05, 4.69) is 27.7 Å². The van der Waals surface area contributed by atoms with Crippen molar-refractivity contribution in [3.63, 3.8) is 0 Å². The van der Waals surface area contributed by atoms with Crippen molar-refractivity contribution in [2.24, 2.45) is 0 Å². The van der Waals surface area contributed by atoms with Gasteiger partial charge >= 0.3 is 11.9 Å². The zero-order valence-electron chi connectivity index (χ0n) is 34.8. The number of ether oxygens (including phenoxy) is 4. The van der Waals surface area contributed by atoms with Crippen LogP contribution in [-0.2, 0) is 9.47 Å². The van der Waals surface area contributed by atoms with E-state index in [9.17, 15) is 9.59 Å². The summed E-state index contributed by atoms with van der Waals surface area (Å²) >= 11 is 0. The van der Waals surface area contributed by atoms with Crippen molar-refractivity contribution >= 4 is 11.9 Å². The van der Waals surface area contributed by atoms with Gasteiger partial charge in [0.15, 0.2) is 0 Å². The topological polar surface area (TPSA) is 71.1 Å². The quantitative estimate of drug-likeness (QED) is 0.0370. The number of carbonyl (C=O) groups is 2. The maximum atomic E-state index is 12.9. The smallest absolute Gasteiger partial charge is 0.343 e. The molecule has 0 aromatic heterocycles. The summed E-state index contributed by atoms with van der Waals surface area (Å²) in [5.74, 6) is 0.395. The summed E-state index contributed by atoms with van der Waals surface area (Å²) in [5.41, 5.74) is 2.92. The van der Waals surface area contributed by atoms with Crippen molar-refractivity contribution in [1.82, 2.24) is 0 Å². The van der Waals surface area contributed by atoms with E-state index in [1.807, 2.05) is 36.4 Å². The summed E-state index contributed by atoms with van der Waals surface area (Å²) < 4.78 is 23.7. The van der Waals surface area contributed by atoms with Gasteiger partial charge in [-0.2, -0.15) is 0 Å². The van der Waals surface area contributed by atoms with E-state index in [1.165, 1.54) is 103 Å². The van der Waals surface area contributed by atoms with Crippen LogP contribution in [0.2, 0.25) is 0 Å². The lowest BCUT2D eigenvalue weighted by atomic mass is 10.0. The molecule has 2 atom stereocenters. The van der Waals surface area contributed by atoms with Crippen LogP contribution in [0.3, 0.4) is 0 Å². The van der Waals surface area contributed by atoms with Crippen LogP contribution in [0.4, 0.5) is 0 Å². The molecule has 304 valence electrons. The third-order valence-electron chi connectivity index (χ3n) is 10.4. The molecule has 3 rings (SSSR count). The fourth-order valence-corrected chi connectivity index (χ4v) is 6.84. The van der Waals surface area contributed by atoms with Crippen molar-refractivity contribution in [3.8, 4) is 22.6 Å². The van der Waals surface area contributed by atoms with Crippen molar-refractivity contribution < 1.29 is 28.5 Å². The SMILES string of the molecule is CCCCCCCCCCCCOc1ccc(-c2ccc(C(=O)Oc3ccc(C(=O)OCC[C@@H](CC)OC(CCCC)CCCCCCC)cc3)cc2)cc1. The monoisotopic (exact) mass is 757 g/mol. The Balaban J connectivity index is 1.36. The molecule has 3 aromatic rings. The lowest BCUT2D eigenvalue weighted by Gasteiger charge is -2.24. The fraction of sp³-hybridized carbons (Fsp3) is 0.592. The first kappa shape index (κ1) is 45.7. The first-order valence-electron chi connectivity index (χ1n) is 21.9. The maximum absolute atomic E-state index is 12.9. The predicted molar refractivity (Wildman–Crippen MR) is 227 cm³/mol. The predicted octanol–water partition coefficient (Wildman–Crippen LogP) is 14.1. The number of carbonyl (C=O) groups excluding carboxylic acids is 2. The lowest BCUT2D eigenvalue weighted by Crippen LogP contribution is -2.24. The van der Waals surface area contributed by atoms with Gasteiger partial charge in [-0.25, -0.2) is 9.59 Å². The lowest BCUT2D eigenvalue weighted by molar-refractivity contribution is -0.0364. The van der Waals surface area contributed by atoms with E-state index in [4.69, 9.17) is 18.9 Å². The van der Waals surface area contributed by atoms with Crippen molar-refractivity contribution in [2.75, 3.05) is 13.2 Å². The number of esters is 2. The van der Waals surface area contributed by atoms with Crippen LogP contribution >= 0.6 is 0 Å². The Hall–Kier alpha value is -3.64. The summed E-state index contributed by atoms with van der Waals surface area (Å²) in [5, 5.41) is 0. The molecule has 0 amide bonds. The highest BCUT2D eigenvalue weighted by molar-refractivity contribution is 5.92. The van der Waals surface area contributed by atoms with Gasteiger partial charge in [0.25, 0.3) is 0 Å². The van der Waals surface area contributed by atoms with E-state index >= 15 is 0 Å². The van der Waals surface area contributed by atoms with Gasteiger partial charge < -0.3 is 18.9 Å². The first-order chi connectivity index (χ1) is 27.0. The van der Waals surface area contributed by atoms with Crippen LogP contribution in [-0.4, -0.2) is 37.4 Å². The molecule has 0 aliphatic rings. The van der Waals surface area contributed by atoms with Crippen LogP contribution in [0.1, 0.15) is 183 Å². The second-order valence-corrected chi connectivity index (χ2v) is 15.1. The zero-order chi connectivity index (χ0) is 39.4. The summed E-state index contributed by atoms with van der Waals surface area (Å²) in [7, 11) is 0. The molecule has 3 aromatic carbocycles. The van der Waals surface area contributed by atoms with Crippen LogP contribution < -0.4 is 9.47 Å². The van der Waals surface area contributed by atoms with Crippen LogP contribution in [0.5, 0.6) is 11.5 Å². The third-order valence-corrected chi connectivity index (χ3v) is 10.4. The minimum atomic E-state index is -0.457. The number of rotatable bonds is 31. The Morgan fingerprint density at radius 1 is 0.455 bits per heavy atom. The molecule has 1 unspecified atom stereocenters. The molecule has 0 saturated heterocycles. The molecule has 0 radical (unpaired) electrons. The number of benzene rings is 3. The van der Waals surface area contributed by atoms with E-state index in [0.29, 0.717) is 29.9 Å². The van der Waals surface area contributed by atoms with Gasteiger partial charge in [0.2, 0.25) is 0 Å². The normalized spacial score (nSPS) is 12.3. The molecule has 6 nitrogen and oxygen atoms in total. The molecule has 0 fully saturated rings. The Labute approximate surface area is 334 Å². The highest BCUT2D eigenvalue weighted by atomic mass is 16.5. The molecular formula is C49H72O6. The molecule has 0 heterocycles. The van der Waals surface area contributed by atoms with E-state index in [1.54, 1.807) is 36.4 Å². The van der Waals surface area contributed by atoms with Gasteiger partial charge in [-0.05, 0) is 85.3 Å². The van der Waals surface area contributed by atoms with Gasteiger partial charge in [0.1, 0.15) is 11.5 Å². The molecule has 6 heteroatoms. The Bertz CT molecular complexity index is 1420. The van der Waals surface area contributed by atoms with Crippen molar-refractivity contribution in [1.29, 1.82) is 0 Å². The van der Waals surface area contributed by atoms with Gasteiger partial charge in [-0.15, -0.1) is 0 Å². The molecule has 0 bridgehead atoms. The van der Waals surface area contributed by atoms with Gasteiger partial charge in [-0.1, -0.05) is 155 Å². The standard InChI is InChI=1S/C49H72O6/c1-5-9-12-14-15-16-17-18-20-22-38-52-45-33-29-41(30-34-45)40-25-27-43(28-26-40)49(51)55-47-35-31-42(32-36-47)48(50)53-39-37-44(8-4)54-46(23-11-7-3)24-21-19-13-10-6-2/h25-36,44,46H,5-24,37-39H2,1-4H3/t44-,46?/m1/s1. The van der Waals surface area contributed by atoms with Crippen LogP contribution in [0.15, 0.2) is 72.8 Å². The minimum absolute atomic E-state index is 0.0743. The molecule has 55 heavy (non-hydrogen) atoms. The number of hydrogen-bond donors (Lipinski definition) is 0. The number of hydrogen-bond acceptors (Lipinski definition) is 6. The summed E-state index contributed by atoms with van der Waals surface area (Å²) in [4.78, 5) is 25.7. The molecule has 0 saturated carbocycles. The second kappa shape index (κ2) is 28.7. The molecule has 0 spiro atoms. The zero-order valence-corrected chi connectivity index (χ0v) is 34.8. The highest BCUT2D eigenvalue weighted by Crippen LogP contribution is 2.25. The summed E-state index contributed by atoms with van der Waals surface area (Å²) in [6.45, 7) is 9.91. The highest BCUT2D eigenvalue weighted by Gasteiger charge is 2.17. The summed E-state index contributed by atoms with van der Waals surface area (Å²) in [6.07, 6.45) is 25.9. The average molecular weight is 757 g/mol. The van der Waals surface area contributed by atoms with Crippen molar-refractivity contribution in [3.05, 3.63) is 83.9 Å². The maximum Gasteiger partial charge on any atom is 0.343 e. The Morgan fingerprint density at radius 2 is 0.927 bits per heavy atom. The molecule has 0 aliphatic heterocycles. The molecule has 0 aliphatic carbocycles. The minimum Gasteiger partial charge on any atom is -0.494 e. The Morgan fingerprint density at radius 3 is 1.51 bits per heavy atom. The van der Waals surface area contributed by atoms with Gasteiger partial charge in [0, 0.05) is 6.42 Å².